The molecule has 0 unspecified atom stereocenters. The summed E-state index contributed by atoms with van der Waals surface area (Å²) in [5.74, 6) is 0.769. The van der Waals surface area contributed by atoms with E-state index in [4.69, 9.17) is 9.47 Å². The lowest BCUT2D eigenvalue weighted by molar-refractivity contribution is -0.172. The number of ether oxygens (including phenoxy) is 2. The number of likely N-dealkylation sites (tertiary alicyclic amines) is 1. The minimum Gasteiger partial charge on any atom is -0.381 e. The van der Waals surface area contributed by atoms with Gasteiger partial charge >= 0.3 is 0 Å². The maximum atomic E-state index is 12.3. The quantitative estimate of drug-likeness (QED) is 0.824. The van der Waals surface area contributed by atoms with Gasteiger partial charge in [0.05, 0.1) is 18.8 Å². The molecule has 1 aromatic heterocycles. The van der Waals surface area contributed by atoms with Crippen molar-refractivity contribution in [3.8, 4) is 0 Å². The smallest absolute Gasteiger partial charge is 0.248 e. The predicted octanol–water partition coefficient (Wildman–Crippen LogP) is 1.31. The lowest BCUT2D eigenvalue weighted by Crippen LogP contribution is -2.58. The van der Waals surface area contributed by atoms with Crippen molar-refractivity contribution in [2.24, 2.45) is 5.92 Å². The van der Waals surface area contributed by atoms with Gasteiger partial charge < -0.3 is 19.3 Å². The molecule has 0 bridgehead atoms. The third-order valence-electron chi connectivity index (χ3n) is 5.74. The van der Waals surface area contributed by atoms with Gasteiger partial charge in [-0.25, -0.2) is 0 Å². The van der Waals surface area contributed by atoms with Gasteiger partial charge in [0.15, 0.2) is 0 Å². The van der Waals surface area contributed by atoms with Crippen LogP contribution in [0.15, 0.2) is 24.5 Å². The van der Waals surface area contributed by atoms with E-state index in [0.717, 1.165) is 51.3 Å². The molecule has 0 N–H and O–H groups in total. The van der Waals surface area contributed by atoms with Gasteiger partial charge in [0.2, 0.25) is 5.91 Å². The van der Waals surface area contributed by atoms with E-state index in [9.17, 15) is 4.79 Å². The van der Waals surface area contributed by atoms with E-state index in [-0.39, 0.29) is 18.1 Å². The SMILES string of the molecule is O=C1COC2(CCN(C[C@@H]3CCOC3)CC2)CN1Cc1cccnc1. The van der Waals surface area contributed by atoms with Crippen LogP contribution < -0.4 is 0 Å². The van der Waals surface area contributed by atoms with Crippen LogP contribution in [0.4, 0.5) is 0 Å². The number of hydrogen-bond donors (Lipinski definition) is 0. The fourth-order valence-electron chi connectivity index (χ4n) is 4.18. The maximum Gasteiger partial charge on any atom is 0.248 e. The molecule has 0 radical (unpaired) electrons. The second kappa shape index (κ2) is 7.40. The summed E-state index contributed by atoms with van der Waals surface area (Å²) >= 11 is 0. The fraction of sp³-hybridized carbons (Fsp3) is 0.684. The van der Waals surface area contributed by atoms with Crippen molar-refractivity contribution in [2.45, 2.75) is 31.4 Å². The third kappa shape index (κ3) is 4.02. The number of pyridine rings is 1. The van der Waals surface area contributed by atoms with Crippen LogP contribution in [-0.2, 0) is 20.8 Å². The van der Waals surface area contributed by atoms with Gasteiger partial charge in [0.1, 0.15) is 6.61 Å². The van der Waals surface area contributed by atoms with Gasteiger partial charge in [-0.05, 0) is 36.8 Å². The van der Waals surface area contributed by atoms with Crippen LogP contribution in [0, 0.1) is 5.92 Å². The van der Waals surface area contributed by atoms with Crippen LogP contribution in [0.1, 0.15) is 24.8 Å². The van der Waals surface area contributed by atoms with E-state index in [2.05, 4.69) is 9.88 Å². The minimum absolute atomic E-state index is 0.0833. The van der Waals surface area contributed by atoms with Crippen LogP contribution in [-0.4, -0.2) is 72.3 Å². The number of amides is 1. The summed E-state index contributed by atoms with van der Waals surface area (Å²) in [6.45, 7) is 6.58. The van der Waals surface area contributed by atoms with Crippen molar-refractivity contribution in [3.05, 3.63) is 30.1 Å². The van der Waals surface area contributed by atoms with E-state index in [1.54, 1.807) is 6.20 Å². The zero-order valence-electron chi connectivity index (χ0n) is 14.7. The minimum atomic E-state index is -0.168. The molecule has 1 amide bonds. The van der Waals surface area contributed by atoms with Crippen molar-refractivity contribution in [3.63, 3.8) is 0 Å². The largest absolute Gasteiger partial charge is 0.381 e. The van der Waals surface area contributed by atoms with Crippen molar-refractivity contribution >= 4 is 5.91 Å². The molecule has 4 heterocycles. The number of hydrogen-bond acceptors (Lipinski definition) is 5. The molecule has 0 saturated carbocycles. The Morgan fingerprint density at radius 2 is 2.20 bits per heavy atom. The highest BCUT2D eigenvalue weighted by atomic mass is 16.5. The molecule has 1 spiro atoms. The molecule has 3 aliphatic rings. The number of morpholine rings is 1. The number of rotatable bonds is 4. The molecule has 6 heteroatoms. The summed E-state index contributed by atoms with van der Waals surface area (Å²) in [6.07, 6.45) is 6.78. The summed E-state index contributed by atoms with van der Waals surface area (Å²) in [5, 5.41) is 0. The molecule has 4 rings (SSSR count). The number of carbonyl (C=O) groups is 1. The van der Waals surface area contributed by atoms with Crippen LogP contribution in [0.25, 0.3) is 0 Å². The average molecular weight is 345 g/mol. The Morgan fingerprint density at radius 1 is 1.32 bits per heavy atom. The van der Waals surface area contributed by atoms with E-state index < -0.39 is 0 Å². The number of nitrogens with zero attached hydrogens (tertiary/aromatic N) is 3. The fourth-order valence-corrected chi connectivity index (χ4v) is 4.18. The van der Waals surface area contributed by atoms with Crippen molar-refractivity contribution in [1.82, 2.24) is 14.8 Å². The molecule has 1 aromatic rings. The predicted molar refractivity (Wildman–Crippen MR) is 92.9 cm³/mol. The second-order valence-corrected chi connectivity index (χ2v) is 7.61. The first-order valence-corrected chi connectivity index (χ1v) is 9.33. The van der Waals surface area contributed by atoms with E-state index in [0.29, 0.717) is 19.0 Å². The van der Waals surface area contributed by atoms with Gasteiger partial charge in [-0.3, -0.25) is 9.78 Å². The third-order valence-corrected chi connectivity index (χ3v) is 5.74. The van der Waals surface area contributed by atoms with Crippen molar-refractivity contribution in [2.75, 3.05) is 46.0 Å². The Kier molecular flexibility index (Phi) is 5.01. The maximum absolute atomic E-state index is 12.3. The standard InChI is InChI=1S/C19H27N3O3/c23-18-14-25-19(15-22(18)12-16-2-1-6-20-10-16)4-7-21(8-5-19)11-17-3-9-24-13-17/h1-2,6,10,17H,3-5,7-9,11-15H2/t17-/m0/s1. The van der Waals surface area contributed by atoms with Crippen LogP contribution >= 0.6 is 0 Å². The lowest BCUT2D eigenvalue weighted by atomic mass is 9.88. The van der Waals surface area contributed by atoms with E-state index in [1.165, 1.54) is 6.42 Å². The summed E-state index contributed by atoms with van der Waals surface area (Å²) in [4.78, 5) is 20.9. The zero-order chi connectivity index (χ0) is 17.1. The summed E-state index contributed by atoms with van der Waals surface area (Å²) < 4.78 is 11.5. The molecular weight excluding hydrogens is 318 g/mol. The Morgan fingerprint density at radius 3 is 2.92 bits per heavy atom. The van der Waals surface area contributed by atoms with Crippen LogP contribution in [0.2, 0.25) is 0 Å². The first-order valence-electron chi connectivity index (χ1n) is 9.33. The normalized spacial score (nSPS) is 27.1. The molecule has 3 saturated heterocycles. The first-order chi connectivity index (χ1) is 12.2. The molecule has 6 nitrogen and oxygen atoms in total. The Hall–Kier alpha value is -1.50. The molecular formula is C19H27N3O3. The molecule has 3 aliphatic heterocycles. The van der Waals surface area contributed by atoms with Crippen molar-refractivity contribution < 1.29 is 14.3 Å². The van der Waals surface area contributed by atoms with E-state index >= 15 is 0 Å². The first kappa shape index (κ1) is 16.9. The molecule has 0 aliphatic carbocycles. The molecule has 1 atom stereocenters. The van der Waals surface area contributed by atoms with Gasteiger partial charge in [-0.2, -0.15) is 0 Å². The Labute approximate surface area is 149 Å². The highest BCUT2D eigenvalue weighted by Crippen LogP contribution is 2.31. The van der Waals surface area contributed by atoms with Crippen molar-refractivity contribution in [1.29, 1.82) is 0 Å². The summed E-state index contributed by atoms with van der Waals surface area (Å²) in [5.41, 5.74) is 0.908. The van der Waals surface area contributed by atoms with E-state index in [1.807, 2.05) is 23.2 Å². The monoisotopic (exact) mass is 345 g/mol. The highest BCUT2D eigenvalue weighted by molar-refractivity contribution is 5.78. The topological polar surface area (TPSA) is 54.9 Å². The zero-order valence-corrected chi connectivity index (χ0v) is 14.7. The number of piperidine rings is 1. The Bertz CT molecular complexity index is 581. The lowest BCUT2D eigenvalue weighted by Gasteiger charge is -2.47. The number of aromatic nitrogens is 1. The molecule has 25 heavy (non-hydrogen) atoms. The summed E-state index contributed by atoms with van der Waals surface area (Å²) in [6, 6.07) is 3.94. The number of carbonyl (C=O) groups excluding carboxylic acids is 1. The average Bonchev–Trinajstić information content (AvgIpc) is 3.15. The van der Waals surface area contributed by atoms with Crippen LogP contribution in [0.5, 0.6) is 0 Å². The van der Waals surface area contributed by atoms with Gasteiger partial charge in [0.25, 0.3) is 0 Å². The van der Waals surface area contributed by atoms with Gasteiger partial charge in [-0.1, -0.05) is 6.07 Å². The van der Waals surface area contributed by atoms with Gasteiger partial charge in [0, 0.05) is 45.2 Å². The van der Waals surface area contributed by atoms with Gasteiger partial charge in [-0.15, -0.1) is 0 Å². The second-order valence-electron chi connectivity index (χ2n) is 7.61. The molecule has 136 valence electrons. The highest BCUT2D eigenvalue weighted by Gasteiger charge is 2.42. The molecule has 0 aromatic carbocycles. The summed E-state index contributed by atoms with van der Waals surface area (Å²) in [7, 11) is 0. The Balaban J connectivity index is 1.33. The van der Waals surface area contributed by atoms with Crippen LogP contribution in [0.3, 0.4) is 0 Å². The molecule has 3 fully saturated rings.